The maximum Gasteiger partial charge on any atom is 0.230 e. The molecule has 1 fully saturated rings. The van der Waals surface area contributed by atoms with E-state index in [2.05, 4.69) is 5.32 Å². The zero-order valence-corrected chi connectivity index (χ0v) is 12.8. The van der Waals surface area contributed by atoms with Crippen LogP contribution in [-0.2, 0) is 14.3 Å². The largest absolute Gasteiger partial charge is 0.380 e. The fourth-order valence-corrected chi connectivity index (χ4v) is 2.80. The van der Waals surface area contributed by atoms with Gasteiger partial charge in [-0.25, -0.2) is 0 Å². The Bertz CT molecular complexity index is 335. The first-order chi connectivity index (χ1) is 9.45. The zero-order valence-electron chi connectivity index (χ0n) is 12.8. The van der Waals surface area contributed by atoms with Crippen LogP contribution in [0.4, 0.5) is 0 Å². The van der Waals surface area contributed by atoms with Crippen LogP contribution in [0.3, 0.4) is 0 Å². The third kappa shape index (κ3) is 4.18. The van der Waals surface area contributed by atoms with Crippen molar-refractivity contribution in [1.82, 2.24) is 10.2 Å². The topological polar surface area (TPSA) is 84.7 Å². The lowest BCUT2D eigenvalue weighted by atomic mass is 9.84. The third-order valence-corrected chi connectivity index (χ3v) is 4.05. The summed E-state index contributed by atoms with van der Waals surface area (Å²) in [7, 11) is 5.07. The fraction of sp³-hybridized carbons (Fsp3) is 0.857. The molecule has 0 aromatic rings. The second-order valence-corrected chi connectivity index (χ2v) is 5.76. The molecule has 1 aliphatic rings. The van der Waals surface area contributed by atoms with E-state index in [9.17, 15) is 9.59 Å². The van der Waals surface area contributed by atoms with E-state index in [4.69, 9.17) is 10.5 Å². The summed E-state index contributed by atoms with van der Waals surface area (Å²) in [5.74, 6) is -0.00227. The Hall–Kier alpha value is -1.14. The molecule has 2 amide bonds. The van der Waals surface area contributed by atoms with Crippen LogP contribution in [0.15, 0.2) is 0 Å². The molecule has 1 rings (SSSR count). The van der Waals surface area contributed by atoms with Crippen LogP contribution >= 0.6 is 0 Å². The molecule has 0 radical (unpaired) electrons. The minimum atomic E-state index is -0.426. The molecular weight excluding hydrogens is 258 g/mol. The van der Waals surface area contributed by atoms with E-state index in [1.807, 2.05) is 0 Å². The van der Waals surface area contributed by atoms with Crippen LogP contribution in [0.5, 0.6) is 0 Å². The highest BCUT2D eigenvalue weighted by Gasteiger charge is 2.42. The molecule has 1 saturated carbocycles. The average Bonchev–Trinajstić information content (AvgIpc) is 2.91. The van der Waals surface area contributed by atoms with Gasteiger partial charge in [0.15, 0.2) is 0 Å². The highest BCUT2D eigenvalue weighted by Crippen LogP contribution is 2.38. The lowest BCUT2D eigenvalue weighted by Gasteiger charge is -2.31. The van der Waals surface area contributed by atoms with Gasteiger partial charge in [0.1, 0.15) is 0 Å². The molecule has 0 spiro atoms. The molecule has 0 heterocycles. The molecule has 0 aromatic carbocycles. The number of hydrogen-bond acceptors (Lipinski definition) is 4. The van der Waals surface area contributed by atoms with Gasteiger partial charge >= 0.3 is 0 Å². The summed E-state index contributed by atoms with van der Waals surface area (Å²) >= 11 is 0. The first-order valence-corrected chi connectivity index (χ1v) is 7.16. The van der Waals surface area contributed by atoms with E-state index in [0.29, 0.717) is 13.1 Å². The van der Waals surface area contributed by atoms with Crippen molar-refractivity contribution in [3.05, 3.63) is 0 Å². The number of amides is 2. The maximum absolute atomic E-state index is 12.3. The molecule has 3 N–H and O–H groups in total. The first kappa shape index (κ1) is 16.9. The Morgan fingerprint density at radius 2 is 1.95 bits per heavy atom. The monoisotopic (exact) mass is 285 g/mol. The minimum Gasteiger partial charge on any atom is -0.380 e. The second-order valence-electron chi connectivity index (χ2n) is 5.76. The SMILES string of the molecule is COC(CN)CC(=O)NCC1(C(=O)N(C)C)CCCC1. The number of carbonyl (C=O) groups excluding carboxylic acids is 2. The number of nitrogens with one attached hydrogen (secondary N) is 1. The summed E-state index contributed by atoms with van der Waals surface area (Å²) in [6.07, 6.45) is 3.74. The molecule has 0 aromatic heterocycles. The normalized spacial score (nSPS) is 18.6. The van der Waals surface area contributed by atoms with Gasteiger partial charge in [-0.2, -0.15) is 0 Å². The van der Waals surface area contributed by atoms with Crippen molar-refractivity contribution in [3.63, 3.8) is 0 Å². The summed E-state index contributed by atoms with van der Waals surface area (Å²) in [6.45, 7) is 0.718. The Balaban J connectivity index is 2.56. The maximum atomic E-state index is 12.3. The molecule has 116 valence electrons. The van der Waals surface area contributed by atoms with Crippen LogP contribution in [0, 0.1) is 5.41 Å². The lowest BCUT2D eigenvalue weighted by molar-refractivity contribution is -0.139. The summed E-state index contributed by atoms with van der Waals surface area (Å²) < 4.78 is 5.09. The van der Waals surface area contributed by atoms with Crippen molar-refractivity contribution in [1.29, 1.82) is 0 Å². The molecule has 1 unspecified atom stereocenters. The van der Waals surface area contributed by atoms with Crippen molar-refractivity contribution < 1.29 is 14.3 Å². The summed E-state index contributed by atoms with van der Waals surface area (Å²) in [4.78, 5) is 25.9. The average molecular weight is 285 g/mol. The molecule has 0 bridgehead atoms. The molecular formula is C14H27N3O3. The number of rotatable bonds is 7. The standard InChI is InChI=1S/C14H27N3O3/c1-17(2)13(19)14(6-4-5-7-14)10-16-12(18)8-11(9-15)20-3/h11H,4-10,15H2,1-3H3,(H,16,18). The Morgan fingerprint density at radius 1 is 1.35 bits per heavy atom. The van der Waals surface area contributed by atoms with Crippen LogP contribution in [0.1, 0.15) is 32.1 Å². The lowest BCUT2D eigenvalue weighted by Crippen LogP contribution is -2.47. The quantitative estimate of drug-likeness (QED) is 0.695. The van der Waals surface area contributed by atoms with Gasteiger partial charge in [0, 0.05) is 34.3 Å². The van der Waals surface area contributed by atoms with Crippen LogP contribution in [0.2, 0.25) is 0 Å². The molecule has 0 aliphatic heterocycles. The molecule has 6 heteroatoms. The third-order valence-electron chi connectivity index (χ3n) is 4.05. The van der Waals surface area contributed by atoms with E-state index < -0.39 is 5.41 Å². The Labute approximate surface area is 121 Å². The van der Waals surface area contributed by atoms with Gasteiger partial charge in [-0.15, -0.1) is 0 Å². The number of nitrogens with two attached hydrogens (primary N) is 1. The predicted molar refractivity (Wildman–Crippen MR) is 77.1 cm³/mol. The van der Waals surface area contributed by atoms with E-state index in [1.54, 1.807) is 26.1 Å². The van der Waals surface area contributed by atoms with Gasteiger partial charge in [0.05, 0.1) is 17.9 Å². The molecule has 1 aliphatic carbocycles. The smallest absolute Gasteiger partial charge is 0.230 e. The van der Waals surface area contributed by atoms with Crippen LogP contribution in [-0.4, -0.2) is 57.1 Å². The molecule has 1 atom stereocenters. The summed E-state index contributed by atoms with van der Waals surface area (Å²) in [5.41, 5.74) is 5.07. The molecule has 0 saturated heterocycles. The van der Waals surface area contributed by atoms with Crippen molar-refractivity contribution in [2.45, 2.75) is 38.2 Å². The Kier molecular flexibility index (Phi) is 6.42. The number of methoxy groups -OCH3 is 1. The van der Waals surface area contributed by atoms with Gasteiger partial charge in [0.25, 0.3) is 0 Å². The second kappa shape index (κ2) is 7.59. The summed E-state index contributed by atoms with van der Waals surface area (Å²) in [6, 6.07) is 0. The van der Waals surface area contributed by atoms with Crippen molar-refractivity contribution in [2.24, 2.45) is 11.1 Å². The highest BCUT2D eigenvalue weighted by molar-refractivity contribution is 5.84. The fourth-order valence-electron chi connectivity index (χ4n) is 2.80. The number of nitrogens with zero attached hydrogens (tertiary/aromatic N) is 1. The van der Waals surface area contributed by atoms with E-state index in [1.165, 1.54) is 0 Å². The van der Waals surface area contributed by atoms with Crippen LogP contribution in [0.25, 0.3) is 0 Å². The molecule has 20 heavy (non-hydrogen) atoms. The zero-order chi connectivity index (χ0) is 15.2. The van der Waals surface area contributed by atoms with Gasteiger partial charge in [0.2, 0.25) is 11.8 Å². The predicted octanol–water partition coefficient (Wildman–Crippen LogP) is 0.115. The van der Waals surface area contributed by atoms with E-state index in [0.717, 1.165) is 25.7 Å². The van der Waals surface area contributed by atoms with Crippen molar-refractivity contribution in [3.8, 4) is 0 Å². The van der Waals surface area contributed by atoms with E-state index >= 15 is 0 Å². The van der Waals surface area contributed by atoms with Gasteiger partial charge in [-0.05, 0) is 12.8 Å². The van der Waals surface area contributed by atoms with Crippen molar-refractivity contribution in [2.75, 3.05) is 34.3 Å². The highest BCUT2D eigenvalue weighted by atomic mass is 16.5. The van der Waals surface area contributed by atoms with Crippen molar-refractivity contribution >= 4 is 11.8 Å². The minimum absolute atomic E-state index is 0.109. The number of carbonyl (C=O) groups is 2. The first-order valence-electron chi connectivity index (χ1n) is 7.16. The van der Waals surface area contributed by atoms with E-state index in [-0.39, 0.29) is 24.3 Å². The van der Waals surface area contributed by atoms with Gasteiger partial charge in [-0.3, -0.25) is 9.59 Å². The van der Waals surface area contributed by atoms with Crippen LogP contribution < -0.4 is 11.1 Å². The number of ether oxygens (including phenoxy) is 1. The van der Waals surface area contributed by atoms with Gasteiger partial charge in [-0.1, -0.05) is 12.8 Å². The summed E-state index contributed by atoms with van der Waals surface area (Å²) in [5, 5.41) is 2.88. The van der Waals surface area contributed by atoms with Gasteiger partial charge < -0.3 is 20.7 Å². The molecule has 6 nitrogen and oxygen atoms in total. The Morgan fingerprint density at radius 3 is 2.40 bits per heavy atom. The number of hydrogen-bond donors (Lipinski definition) is 2.